The zero-order chi connectivity index (χ0) is 10.9. The van der Waals surface area contributed by atoms with E-state index in [1.807, 2.05) is 0 Å². The first-order chi connectivity index (χ1) is 7.10. The summed E-state index contributed by atoms with van der Waals surface area (Å²) in [7, 11) is 0. The Bertz CT molecular complexity index is 244. The summed E-state index contributed by atoms with van der Waals surface area (Å²) in [5.74, 6) is 0.827. The first kappa shape index (κ1) is 11.2. The van der Waals surface area contributed by atoms with Gasteiger partial charge in [0.15, 0.2) is 0 Å². The van der Waals surface area contributed by atoms with E-state index in [0.717, 1.165) is 5.92 Å². The lowest BCUT2D eigenvalue weighted by Gasteiger charge is -2.50. The summed E-state index contributed by atoms with van der Waals surface area (Å²) in [6, 6.07) is 0. The van der Waals surface area contributed by atoms with Gasteiger partial charge in [0.25, 0.3) is 0 Å². The summed E-state index contributed by atoms with van der Waals surface area (Å²) in [6.07, 6.45) is 10.7. The Balaban J connectivity index is 1.92. The van der Waals surface area contributed by atoms with Gasteiger partial charge in [0.1, 0.15) is 0 Å². The maximum atomic E-state index is 6.23. The second-order valence-corrected chi connectivity index (χ2v) is 5.72. The van der Waals surface area contributed by atoms with Crippen molar-refractivity contribution in [1.29, 1.82) is 0 Å². The SMILES string of the molecule is CC(C)=CCC[C@]1(C)OC2CCC1CC2. The summed E-state index contributed by atoms with van der Waals surface area (Å²) >= 11 is 0. The van der Waals surface area contributed by atoms with E-state index < -0.39 is 0 Å². The van der Waals surface area contributed by atoms with Gasteiger partial charge in [-0.05, 0) is 65.2 Å². The Morgan fingerprint density at radius 3 is 2.40 bits per heavy atom. The molecule has 15 heavy (non-hydrogen) atoms. The van der Waals surface area contributed by atoms with Crippen molar-refractivity contribution in [2.24, 2.45) is 5.92 Å². The van der Waals surface area contributed by atoms with Crippen LogP contribution in [0.25, 0.3) is 0 Å². The Labute approximate surface area is 93.9 Å². The minimum atomic E-state index is 0.188. The van der Waals surface area contributed by atoms with Crippen LogP contribution in [0.2, 0.25) is 0 Å². The van der Waals surface area contributed by atoms with Gasteiger partial charge in [-0.1, -0.05) is 11.6 Å². The number of rotatable bonds is 3. The third-order valence-corrected chi connectivity index (χ3v) is 4.17. The average molecular weight is 208 g/mol. The maximum absolute atomic E-state index is 6.23. The molecule has 86 valence electrons. The van der Waals surface area contributed by atoms with Crippen LogP contribution in [0, 0.1) is 5.92 Å². The van der Waals surface area contributed by atoms with E-state index in [1.165, 1.54) is 44.1 Å². The van der Waals surface area contributed by atoms with Crippen LogP contribution in [-0.2, 0) is 4.74 Å². The molecule has 0 radical (unpaired) electrons. The molecule has 2 heterocycles. The minimum Gasteiger partial charge on any atom is -0.372 e. The molecule has 0 amide bonds. The fraction of sp³-hybridized carbons (Fsp3) is 0.857. The first-order valence-corrected chi connectivity index (χ1v) is 6.41. The topological polar surface area (TPSA) is 9.23 Å². The molecule has 1 aliphatic carbocycles. The van der Waals surface area contributed by atoms with Gasteiger partial charge in [-0.15, -0.1) is 0 Å². The molecular weight excluding hydrogens is 184 g/mol. The summed E-state index contributed by atoms with van der Waals surface area (Å²) < 4.78 is 6.23. The average Bonchev–Trinajstić information content (AvgIpc) is 2.18. The van der Waals surface area contributed by atoms with Gasteiger partial charge in [0.05, 0.1) is 11.7 Å². The Kier molecular flexibility index (Phi) is 3.20. The predicted molar refractivity (Wildman–Crippen MR) is 63.9 cm³/mol. The van der Waals surface area contributed by atoms with Gasteiger partial charge >= 0.3 is 0 Å². The van der Waals surface area contributed by atoms with Crippen molar-refractivity contribution in [3.63, 3.8) is 0 Å². The van der Waals surface area contributed by atoms with E-state index in [4.69, 9.17) is 4.74 Å². The highest BCUT2D eigenvalue weighted by Gasteiger charge is 2.44. The second kappa shape index (κ2) is 4.29. The van der Waals surface area contributed by atoms with Crippen LogP contribution < -0.4 is 0 Å². The van der Waals surface area contributed by atoms with Crippen molar-refractivity contribution in [2.45, 2.75) is 71.0 Å². The van der Waals surface area contributed by atoms with E-state index in [0.29, 0.717) is 6.10 Å². The molecule has 1 saturated carbocycles. The lowest BCUT2D eigenvalue weighted by molar-refractivity contribution is -0.190. The van der Waals surface area contributed by atoms with Crippen molar-refractivity contribution >= 4 is 0 Å². The van der Waals surface area contributed by atoms with Crippen LogP contribution in [0.3, 0.4) is 0 Å². The number of hydrogen-bond donors (Lipinski definition) is 0. The molecule has 0 N–H and O–H groups in total. The maximum Gasteiger partial charge on any atom is 0.0689 e. The molecule has 2 bridgehead atoms. The van der Waals surface area contributed by atoms with Crippen LogP contribution in [-0.4, -0.2) is 11.7 Å². The number of ether oxygens (including phenoxy) is 1. The molecule has 0 unspecified atom stereocenters. The molecule has 3 rings (SSSR count). The van der Waals surface area contributed by atoms with Crippen LogP contribution in [0.4, 0.5) is 0 Å². The molecule has 1 heteroatoms. The molecule has 0 aromatic heterocycles. The Hall–Kier alpha value is -0.300. The lowest BCUT2D eigenvalue weighted by atomic mass is 9.71. The van der Waals surface area contributed by atoms with Crippen LogP contribution >= 0.6 is 0 Å². The van der Waals surface area contributed by atoms with E-state index in [9.17, 15) is 0 Å². The summed E-state index contributed by atoms with van der Waals surface area (Å²) in [6.45, 7) is 6.69. The van der Waals surface area contributed by atoms with Crippen molar-refractivity contribution in [3.8, 4) is 0 Å². The second-order valence-electron chi connectivity index (χ2n) is 5.72. The van der Waals surface area contributed by atoms with E-state index in [2.05, 4.69) is 26.8 Å². The van der Waals surface area contributed by atoms with Crippen molar-refractivity contribution in [2.75, 3.05) is 0 Å². The van der Waals surface area contributed by atoms with E-state index >= 15 is 0 Å². The smallest absolute Gasteiger partial charge is 0.0689 e. The molecule has 2 saturated heterocycles. The largest absolute Gasteiger partial charge is 0.372 e. The quantitative estimate of drug-likeness (QED) is 0.635. The molecule has 0 spiro atoms. The highest BCUT2D eigenvalue weighted by molar-refractivity contribution is 4.98. The van der Waals surface area contributed by atoms with Gasteiger partial charge in [-0.3, -0.25) is 0 Å². The predicted octanol–water partition coefficient (Wildman–Crippen LogP) is 4.08. The van der Waals surface area contributed by atoms with E-state index in [1.54, 1.807) is 0 Å². The summed E-state index contributed by atoms with van der Waals surface area (Å²) in [5.41, 5.74) is 1.62. The zero-order valence-corrected chi connectivity index (χ0v) is 10.4. The number of hydrogen-bond acceptors (Lipinski definition) is 1. The first-order valence-electron chi connectivity index (χ1n) is 6.41. The van der Waals surface area contributed by atoms with Crippen molar-refractivity contribution in [3.05, 3.63) is 11.6 Å². The summed E-state index contributed by atoms with van der Waals surface area (Å²) in [4.78, 5) is 0. The molecule has 0 aromatic rings. The minimum absolute atomic E-state index is 0.188. The molecular formula is C14H24O. The third kappa shape index (κ3) is 2.44. The molecule has 3 fully saturated rings. The molecule has 2 aliphatic heterocycles. The standard InChI is InChI=1S/C14H24O/c1-11(2)5-4-10-14(3)12-6-8-13(15-14)9-7-12/h5,12-13H,4,6-10H2,1-3H3/t12?,13?,14-/m0/s1. The van der Waals surface area contributed by atoms with Gasteiger partial charge in [0, 0.05) is 0 Å². The zero-order valence-electron chi connectivity index (χ0n) is 10.4. The van der Waals surface area contributed by atoms with Gasteiger partial charge < -0.3 is 4.74 Å². The van der Waals surface area contributed by atoms with Gasteiger partial charge in [-0.25, -0.2) is 0 Å². The fourth-order valence-electron chi connectivity index (χ4n) is 3.18. The lowest BCUT2D eigenvalue weighted by Crippen LogP contribution is -2.49. The molecule has 3 aliphatic rings. The van der Waals surface area contributed by atoms with Gasteiger partial charge in [-0.2, -0.15) is 0 Å². The van der Waals surface area contributed by atoms with Crippen molar-refractivity contribution in [1.82, 2.24) is 0 Å². The highest BCUT2D eigenvalue weighted by atomic mass is 16.5. The molecule has 1 atom stereocenters. The highest BCUT2D eigenvalue weighted by Crippen LogP contribution is 2.46. The third-order valence-electron chi connectivity index (χ3n) is 4.17. The number of allylic oxidation sites excluding steroid dienone is 2. The Morgan fingerprint density at radius 2 is 1.93 bits per heavy atom. The van der Waals surface area contributed by atoms with Crippen LogP contribution in [0.5, 0.6) is 0 Å². The summed E-state index contributed by atoms with van der Waals surface area (Å²) in [5, 5.41) is 0. The van der Waals surface area contributed by atoms with Crippen molar-refractivity contribution < 1.29 is 4.74 Å². The normalized spacial score (nSPS) is 39.1. The number of fused-ring (bicyclic) bond motifs is 3. The van der Waals surface area contributed by atoms with Crippen LogP contribution in [0.1, 0.15) is 59.3 Å². The molecule has 1 nitrogen and oxygen atoms in total. The van der Waals surface area contributed by atoms with Gasteiger partial charge in [0.2, 0.25) is 0 Å². The Morgan fingerprint density at radius 1 is 1.27 bits per heavy atom. The fourth-order valence-corrected chi connectivity index (χ4v) is 3.18. The van der Waals surface area contributed by atoms with Crippen LogP contribution in [0.15, 0.2) is 11.6 Å². The molecule has 0 aromatic carbocycles. The monoisotopic (exact) mass is 208 g/mol. The van der Waals surface area contributed by atoms with E-state index in [-0.39, 0.29) is 5.60 Å².